The zero-order chi connectivity index (χ0) is 30.2. The number of nitrogens with one attached hydrogen (secondary N) is 1. The van der Waals surface area contributed by atoms with Gasteiger partial charge >= 0.3 is 0 Å². The molecule has 11 heteroatoms. The Morgan fingerprint density at radius 2 is 1.56 bits per heavy atom. The fourth-order valence-electron chi connectivity index (χ4n) is 4.23. The normalized spacial score (nSPS) is 12.7. The van der Waals surface area contributed by atoms with E-state index in [-0.39, 0.29) is 35.5 Å². The Morgan fingerprint density at radius 1 is 0.927 bits per heavy atom. The lowest BCUT2D eigenvalue weighted by atomic mass is 10.1. The Kier molecular flexibility index (Phi) is 11.5. The van der Waals surface area contributed by atoms with E-state index < -0.39 is 28.5 Å². The summed E-state index contributed by atoms with van der Waals surface area (Å²) in [6.45, 7) is 4.92. The number of ether oxygens (including phenoxy) is 1. The third kappa shape index (κ3) is 7.93. The predicted molar refractivity (Wildman–Crippen MR) is 163 cm³/mol. The van der Waals surface area contributed by atoms with Crippen LogP contribution in [0.4, 0.5) is 5.69 Å². The number of hydrogen-bond donors (Lipinski definition) is 1. The topological polar surface area (TPSA) is 96.0 Å². The van der Waals surface area contributed by atoms with Crippen molar-refractivity contribution in [2.45, 2.75) is 57.1 Å². The van der Waals surface area contributed by atoms with E-state index >= 15 is 0 Å². The highest BCUT2D eigenvalue weighted by atomic mass is 35.5. The van der Waals surface area contributed by atoms with Gasteiger partial charge in [-0.3, -0.25) is 13.9 Å². The van der Waals surface area contributed by atoms with Crippen molar-refractivity contribution in [1.82, 2.24) is 10.2 Å². The van der Waals surface area contributed by atoms with Gasteiger partial charge in [-0.1, -0.05) is 67.4 Å². The first-order valence-electron chi connectivity index (χ1n) is 13.3. The monoisotopic (exact) mass is 619 g/mol. The summed E-state index contributed by atoms with van der Waals surface area (Å²) in [6, 6.07) is 18.2. The van der Waals surface area contributed by atoms with Crippen LogP contribution in [0, 0.1) is 0 Å². The molecule has 3 aromatic carbocycles. The van der Waals surface area contributed by atoms with Crippen molar-refractivity contribution >= 4 is 50.7 Å². The molecule has 3 rings (SSSR count). The molecular weight excluding hydrogens is 585 g/mol. The number of methoxy groups -OCH3 is 1. The molecule has 0 unspecified atom stereocenters. The molecule has 0 saturated carbocycles. The molecule has 41 heavy (non-hydrogen) atoms. The van der Waals surface area contributed by atoms with Crippen LogP contribution in [0.25, 0.3) is 0 Å². The number of amides is 2. The number of halogens is 2. The molecule has 3 aromatic rings. The van der Waals surface area contributed by atoms with Gasteiger partial charge < -0.3 is 15.0 Å². The molecule has 0 aromatic heterocycles. The van der Waals surface area contributed by atoms with Crippen LogP contribution in [0.1, 0.15) is 39.2 Å². The van der Waals surface area contributed by atoms with Gasteiger partial charge in [0, 0.05) is 34.3 Å². The van der Waals surface area contributed by atoms with Gasteiger partial charge in [0.1, 0.15) is 18.3 Å². The molecule has 1 N–H and O–H groups in total. The quantitative estimate of drug-likeness (QED) is 0.256. The van der Waals surface area contributed by atoms with Crippen LogP contribution in [-0.2, 0) is 26.2 Å². The minimum absolute atomic E-state index is 0.0119. The van der Waals surface area contributed by atoms with E-state index in [4.69, 9.17) is 27.9 Å². The maximum Gasteiger partial charge on any atom is 0.264 e. The largest absolute Gasteiger partial charge is 0.497 e. The van der Waals surface area contributed by atoms with Crippen molar-refractivity contribution in [3.05, 3.63) is 88.4 Å². The summed E-state index contributed by atoms with van der Waals surface area (Å²) < 4.78 is 34.2. The number of hydrogen-bond acceptors (Lipinski definition) is 5. The average Bonchev–Trinajstić information content (AvgIpc) is 2.97. The molecule has 0 radical (unpaired) electrons. The van der Waals surface area contributed by atoms with Crippen molar-refractivity contribution in [3.63, 3.8) is 0 Å². The van der Waals surface area contributed by atoms with E-state index in [0.29, 0.717) is 27.8 Å². The molecule has 0 aliphatic carbocycles. The summed E-state index contributed by atoms with van der Waals surface area (Å²) in [5.74, 6) is -0.533. The third-order valence-corrected chi connectivity index (χ3v) is 9.22. The Balaban J connectivity index is 2.11. The second-order valence-electron chi connectivity index (χ2n) is 9.49. The van der Waals surface area contributed by atoms with Crippen LogP contribution in [0.5, 0.6) is 5.75 Å². The highest BCUT2D eigenvalue weighted by Crippen LogP contribution is 2.30. The molecule has 2 amide bonds. The summed E-state index contributed by atoms with van der Waals surface area (Å²) in [7, 11) is -2.73. The lowest BCUT2D eigenvalue weighted by molar-refractivity contribution is -0.140. The fourth-order valence-corrected chi connectivity index (χ4v) is 6.17. The van der Waals surface area contributed by atoms with Crippen molar-refractivity contribution in [3.8, 4) is 5.75 Å². The van der Waals surface area contributed by atoms with Crippen molar-refractivity contribution in [1.29, 1.82) is 0 Å². The SMILES string of the molecule is CC[C@@H](C)NC(=O)[C@H](CC)N(Cc1c(Cl)cccc1Cl)C(=O)CN(c1cccc(OC)c1)S(=O)(=O)c1ccccc1. The minimum atomic E-state index is -4.19. The van der Waals surface area contributed by atoms with E-state index in [1.807, 2.05) is 13.8 Å². The molecule has 0 aliphatic rings. The second-order valence-corrected chi connectivity index (χ2v) is 12.2. The molecule has 0 saturated heterocycles. The van der Waals surface area contributed by atoms with Gasteiger partial charge in [0.05, 0.1) is 17.7 Å². The molecule has 8 nitrogen and oxygen atoms in total. The Labute approximate surface area is 252 Å². The van der Waals surface area contributed by atoms with Gasteiger partial charge in [0.15, 0.2) is 0 Å². The number of benzene rings is 3. The first-order valence-corrected chi connectivity index (χ1v) is 15.5. The first-order chi connectivity index (χ1) is 19.5. The molecule has 220 valence electrons. The third-order valence-electron chi connectivity index (χ3n) is 6.73. The molecule has 0 heterocycles. The van der Waals surface area contributed by atoms with E-state index in [1.165, 1.54) is 30.2 Å². The maximum absolute atomic E-state index is 14.2. The summed E-state index contributed by atoms with van der Waals surface area (Å²) in [5.41, 5.74) is 0.687. The van der Waals surface area contributed by atoms with Gasteiger partial charge in [-0.2, -0.15) is 0 Å². The van der Waals surface area contributed by atoms with Crippen LogP contribution < -0.4 is 14.4 Å². The van der Waals surface area contributed by atoms with Crippen molar-refractivity contribution < 1.29 is 22.7 Å². The number of sulfonamides is 1. The average molecular weight is 621 g/mol. The molecular formula is C30H35Cl2N3O5S. The highest BCUT2D eigenvalue weighted by Gasteiger charge is 2.34. The van der Waals surface area contributed by atoms with Crippen LogP contribution in [0.15, 0.2) is 77.7 Å². The van der Waals surface area contributed by atoms with E-state index in [0.717, 1.165) is 4.31 Å². The fraction of sp³-hybridized carbons (Fsp3) is 0.333. The molecule has 2 atom stereocenters. The van der Waals surface area contributed by atoms with Crippen molar-refractivity contribution in [2.75, 3.05) is 18.0 Å². The maximum atomic E-state index is 14.2. The molecule has 0 aliphatic heterocycles. The second kappa shape index (κ2) is 14.6. The number of carbonyl (C=O) groups is 2. The number of rotatable bonds is 13. The molecule has 0 bridgehead atoms. The standard InChI is InChI=1S/C30H35Cl2N3O5S/c1-5-21(3)33-30(37)28(6-2)34(19-25-26(31)16-11-17-27(25)32)29(36)20-35(22-12-10-13-23(18-22)40-4)41(38,39)24-14-8-7-9-15-24/h7-18,21,28H,5-6,19-20H2,1-4H3,(H,33,37)/t21-,28+/m1/s1. The van der Waals surface area contributed by atoms with Crippen LogP contribution in [0.2, 0.25) is 10.0 Å². The molecule has 0 spiro atoms. The number of anilines is 1. The zero-order valence-electron chi connectivity index (χ0n) is 23.5. The predicted octanol–water partition coefficient (Wildman–Crippen LogP) is 5.92. The summed E-state index contributed by atoms with van der Waals surface area (Å²) in [4.78, 5) is 28.9. The number of carbonyl (C=O) groups excluding carboxylic acids is 2. The highest BCUT2D eigenvalue weighted by molar-refractivity contribution is 7.92. The van der Waals surface area contributed by atoms with Gasteiger partial charge in [0.2, 0.25) is 11.8 Å². The Hall–Kier alpha value is -3.27. The first kappa shape index (κ1) is 32.2. The lowest BCUT2D eigenvalue weighted by Gasteiger charge is -2.34. The minimum Gasteiger partial charge on any atom is -0.497 e. The lowest BCUT2D eigenvalue weighted by Crippen LogP contribution is -2.53. The van der Waals surface area contributed by atoms with E-state index in [2.05, 4.69) is 5.32 Å². The number of nitrogens with zero attached hydrogens (tertiary/aromatic N) is 2. The van der Waals surface area contributed by atoms with Gasteiger partial charge in [-0.05, 0) is 56.2 Å². The van der Waals surface area contributed by atoms with Gasteiger partial charge in [-0.15, -0.1) is 0 Å². The van der Waals surface area contributed by atoms with Crippen LogP contribution in [0.3, 0.4) is 0 Å². The van der Waals surface area contributed by atoms with E-state index in [9.17, 15) is 18.0 Å². The van der Waals surface area contributed by atoms with Crippen LogP contribution in [-0.4, -0.2) is 50.9 Å². The zero-order valence-corrected chi connectivity index (χ0v) is 25.8. The molecule has 0 fully saturated rings. The smallest absolute Gasteiger partial charge is 0.264 e. The Bertz CT molecular complexity index is 1430. The summed E-state index contributed by atoms with van der Waals surface area (Å²) in [5, 5.41) is 3.60. The van der Waals surface area contributed by atoms with E-state index in [1.54, 1.807) is 61.5 Å². The van der Waals surface area contributed by atoms with Gasteiger partial charge in [0.25, 0.3) is 10.0 Å². The summed E-state index contributed by atoms with van der Waals surface area (Å²) >= 11 is 12.9. The van der Waals surface area contributed by atoms with Gasteiger partial charge in [-0.25, -0.2) is 8.42 Å². The van der Waals surface area contributed by atoms with Crippen molar-refractivity contribution in [2.24, 2.45) is 0 Å². The summed E-state index contributed by atoms with van der Waals surface area (Å²) in [6.07, 6.45) is 0.978. The Morgan fingerprint density at radius 3 is 2.15 bits per heavy atom. The van der Waals surface area contributed by atoms with Crippen LogP contribution >= 0.6 is 23.2 Å².